The number of benzene rings is 1. The fraction of sp³-hybridized carbons (Fsp3) is 0.429. The van der Waals surface area contributed by atoms with E-state index in [2.05, 4.69) is 5.32 Å². The van der Waals surface area contributed by atoms with Crippen molar-refractivity contribution < 1.29 is 19.1 Å². The number of thiophene rings is 1. The number of amides is 1. The summed E-state index contributed by atoms with van der Waals surface area (Å²) in [6.07, 6.45) is 4.00. The number of anilines is 1. The van der Waals surface area contributed by atoms with Crippen LogP contribution in [0.3, 0.4) is 0 Å². The van der Waals surface area contributed by atoms with Gasteiger partial charge in [0.15, 0.2) is 0 Å². The molecule has 1 aliphatic carbocycles. The first-order valence-corrected chi connectivity index (χ1v) is 11.2. The zero-order valence-electron chi connectivity index (χ0n) is 16.4. The minimum atomic E-state index is -0.340. The lowest BCUT2D eigenvalue weighted by molar-refractivity contribution is -0.115. The SMILES string of the molecule is CCOC(=O)c1c(NC(=O)[C@H](C)Sc2ccc(OC)cc2)sc2c1CCCC2. The lowest BCUT2D eigenvalue weighted by Crippen LogP contribution is -2.23. The third-order valence-electron chi connectivity index (χ3n) is 4.63. The van der Waals surface area contributed by atoms with Crippen LogP contribution in [-0.2, 0) is 22.4 Å². The van der Waals surface area contributed by atoms with Gasteiger partial charge in [0.25, 0.3) is 0 Å². The normalized spacial score (nSPS) is 14.1. The van der Waals surface area contributed by atoms with Crippen LogP contribution in [0.15, 0.2) is 29.2 Å². The molecule has 1 heterocycles. The molecule has 0 bridgehead atoms. The minimum absolute atomic E-state index is 0.120. The molecule has 1 amide bonds. The Kier molecular flexibility index (Phi) is 7.02. The highest BCUT2D eigenvalue weighted by Crippen LogP contribution is 2.39. The Hall–Kier alpha value is -1.99. The molecule has 28 heavy (non-hydrogen) atoms. The van der Waals surface area contributed by atoms with Gasteiger partial charge in [-0.25, -0.2) is 4.79 Å². The molecule has 1 atom stereocenters. The average molecular weight is 420 g/mol. The van der Waals surface area contributed by atoms with E-state index in [0.717, 1.165) is 41.9 Å². The van der Waals surface area contributed by atoms with Crippen LogP contribution in [0.25, 0.3) is 0 Å². The molecule has 5 nitrogen and oxygen atoms in total. The van der Waals surface area contributed by atoms with Crippen molar-refractivity contribution >= 4 is 40.0 Å². The predicted molar refractivity (Wildman–Crippen MR) is 114 cm³/mol. The van der Waals surface area contributed by atoms with E-state index in [4.69, 9.17) is 9.47 Å². The van der Waals surface area contributed by atoms with Crippen molar-refractivity contribution in [3.63, 3.8) is 0 Å². The van der Waals surface area contributed by atoms with Crippen LogP contribution in [-0.4, -0.2) is 30.8 Å². The van der Waals surface area contributed by atoms with Crippen LogP contribution in [0.4, 0.5) is 5.00 Å². The summed E-state index contributed by atoms with van der Waals surface area (Å²) in [5.41, 5.74) is 1.61. The molecule has 0 saturated heterocycles. The smallest absolute Gasteiger partial charge is 0.341 e. The zero-order valence-corrected chi connectivity index (χ0v) is 18.0. The number of fused-ring (bicyclic) bond motifs is 1. The largest absolute Gasteiger partial charge is 0.497 e. The predicted octanol–water partition coefficient (Wildman–Crippen LogP) is 4.93. The summed E-state index contributed by atoms with van der Waals surface area (Å²) in [7, 11) is 1.62. The van der Waals surface area contributed by atoms with Gasteiger partial charge in [0.2, 0.25) is 5.91 Å². The van der Waals surface area contributed by atoms with Crippen LogP contribution < -0.4 is 10.1 Å². The van der Waals surface area contributed by atoms with E-state index in [0.29, 0.717) is 17.2 Å². The molecule has 1 N–H and O–H groups in total. The number of methoxy groups -OCH3 is 1. The second-order valence-electron chi connectivity index (χ2n) is 6.56. The van der Waals surface area contributed by atoms with Crippen molar-refractivity contribution in [1.29, 1.82) is 0 Å². The second kappa shape index (κ2) is 9.47. The zero-order chi connectivity index (χ0) is 20.1. The molecule has 7 heteroatoms. The Bertz CT molecular complexity index is 845. The fourth-order valence-electron chi connectivity index (χ4n) is 3.20. The monoisotopic (exact) mass is 419 g/mol. The summed E-state index contributed by atoms with van der Waals surface area (Å²) >= 11 is 2.98. The van der Waals surface area contributed by atoms with Gasteiger partial charge in [-0.1, -0.05) is 0 Å². The number of esters is 1. The summed E-state index contributed by atoms with van der Waals surface area (Å²) in [5, 5.41) is 3.30. The van der Waals surface area contributed by atoms with Crippen molar-refractivity contribution in [2.24, 2.45) is 0 Å². The number of hydrogen-bond donors (Lipinski definition) is 1. The lowest BCUT2D eigenvalue weighted by atomic mass is 9.95. The molecule has 0 saturated carbocycles. The van der Waals surface area contributed by atoms with Crippen LogP contribution in [0.2, 0.25) is 0 Å². The van der Waals surface area contributed by atoms with Gasteiger partial charge in [0.05, 0.1) is 24.5 Å². The first-order valence-electron chi connectivity index (χ1n) is 9.46. The number of carbonyl (C=O) groups is 2. The molecule has 0 spiro atoms. The van der Waals surface area contributed by atoms with Crippen LogP contribution in [0.5, 0.6) is 5.75 Å². The van der Waals surface area contributed by atoms with Gasteiger partial charge in [-0.2, -0.15) is 0 Å². The van der Waals surface area contributed by atoms with Crippen molar-refractivity contribution in [2.45, 2.75) is 49.7 Å². The van der Waals surface area contributed by atoms with Crippen molar-refractivity contribution in [2.75, 3.05) is 19.0 Å². The summed E-state index contributed by atoms with van der Waals surface area (Å²) in [5.74, 6) is 0.322. The first kappa shape index (κ1) is 20.7. The molecule has 0 fully saturated rings. The fourth-order valence-corrected chi connectivity index (χ4v) is 5.35. The van der Waals surface area contributed by atoms with E-state index in [9.17, 15) is 9.59 Å². The molecule has 1 aromatic carbocycles. The quantitative estimate of drug-likeness (QED) is 0.509. The van der Waals surface area contributed by atoms with Gasteiger partial charge in [-0.3, -0.25) is 4.79 Å². The average Bonchev–Trinajstić information content (AvgIpc) is 3.06. The van der Waals surface area contributed by atoms with Crippen LogP contribution in [0, 0.1) is 0 Å². The van der Waals surface area contributed by atoms with Crippen LogP contribution >= 0.6 is 23.1 Å². The van der Waals surface area contributed by atoms with Gasteiger partial charge in [0.1, 0.15) is 10.8 Å². The van der Waals surface area contributed by atoms with Crippen LogP contribution in [0.1, 0.15) is 47.5 Å². The minimum Gasteiger partial charge on any atom is -0.497 e. The number of rotatable bonds is 7. The molecule has 1 aliphatic rings. The molecule has 3 rings (SSSR count). The van der Waals surface area contributed by atoms with E-state index >= 15 is 0 Å². The molecule has 1 aromatic heterocycles. The molecule has 0 aliphatic heterocycles. The van der Waals surface area contributed by atoms with Crippen molar-refractivity contribution in [3.05, 3.63) is 40.3 Å². The highest BCUT2D eigenvalue weighted by molar-refractivity contribution is 8.00. The molecule has 2 aromatic rings. The second-order valence-corrected chi connectivity index (χ2v) is 9.08. The summed E-state index contributed by atoms with van der Waals surface area (Å²) < 4.78 is 10.4. The van der Waals surface area contributed by atoms with Gasteiger partial charge in [-0.15, -0.1) is 23.1 Å². The first-order chi connectivity index (χ1) is 13.5. The third-order valence-corrected chi connectivity index (χ3v) is 6.95. The van der Waals surface area contributed by atoms with E-state index in [1.54, 1.807) is 14.0 Å². The van der Waals surface area contributed by atoms with Gasteiger partial charge in [0, 0.05) is 9.77 Å². The van der Waals surface area contributed by atoms with E-state index in [-0.39, 0.29) is 17.1 Å². The van der Waals surface area contributed by atoms with Gasteiger partial charge >= 0.3 is 5.97 Å². The maximum atomic E-state index is 12.8. The maximum Gasteiger partial charge on any atom is 0.341 e. The van der Waals surface area contributed by atoms with Gasteiger partial charge < -0.3 is 14.8 Å². The Morgan fingerprint density at radius 3 is 2.61 bits per heavy atom. The number of nitrogens with one attached hydrogen (secondary N) is 1. The molecule has 0 radical (unpaired) electrons. The Morgan fingerprint density at radius 1 is 1.21 bits per heavy atom. The standard InChI is InChI=1S/C21H25NO4S2/c1-4-26-21(24)18-16-7-5-6-8-17(16)28-20(18)22-19(23)13(2)27-15-11-9-14(25-3)10-12-15/h9-13H,4-8H2,1-3H3,(H,22,23)/t13-/m0/s1. The number of ether oxygens (including phenoxy) is 2. The number of carbonyl (C=O) groups excluding carboxylic acids is 2. The summed E-state index contributed by atoms with van der Waals surface area (Å²) in [4.78, 5) is 27.5. The third kappa shape index (κ3) is 4.70. The highest BCUT2D eigenvalue weighted by Gasteiger charge is 2.28. The van der Waals surface area contributed by atoms with E-state index < -0.39 is 0 Å². The van der Waals surface area contributed by atoms with E-state index in [1.807, 2.05) is 31.2 Å². The van der Waals surface area contributed by atoms with Crippen molar-refractivity contribution in [3.8, 4) is 5.75 Å². The lowest BCUT2D eigenvalue weighted by Gasteiger charge is -2.14. The number of thioether (sulfide) groups is 1. The van der Waals surface area contributed by atoms with Gasteiger partial charge in [-0.05, 0) is 69.4 Å². The topological polar surface area (TPSA) is 64.6 Å². The molecular weight excluding hydrogens is 394 g/mol. The Balaban J connectivity index is 1.75. The molecule has 0 unspecified atom stereocenters. The summed E-state index contributed by atoms with van der Waals surface area (Å²) in [6, 6.07) is 7.61. The maximum absolute atomic E-state index is 12.8. The summed E-state index contributed by atoms with van der Waals surface area (Å²) in [6.45, 7) is 3.98. The molecule has 150 valence electrons. The van der Waals surface area contributed by atoms with E-state index in [1.165, 1.54) is 28.0 Å². The Labute approximate surface area is 173 Å². The highest BCUT2D eigenvalue weighted by atomic mass is 32.2. The Morgan fingerprint density at radius 2 is 1.93 bits per heavy atom. The number of hydrogen-bond acceptors (Lipinski definition) is 6. The molecular formula is C21H25NO4S2. The van der Waals surface area contributed by atoms with Crippen molar-refractivity contribution in [1.82, 2.24) is 0 Å². The number of aryl methyl sites for hydroxylation is 1.